The Kier molecular flexibility index (Phi) is 11.5. The highest BCUT2D eigenvalue weighted by Crippen LogP contribution is 2.57. The Balaban J connectivity index is 1.10. The van der Waals surface area contributed by atoms with Crippen LogP contribution in [0.1, 0.15) is 31.9 Å². The van der Waals surface area contributed by atoms with Crippen LogP contribution in [0, 0.1) is 0 Å². The first-order valence-corrected chi connectivity index (χ1v) is 18.7. The van der Waals surface area contributed by atoms with Crippen LogP contribution in [0.5, 0.6) is 0 Å². The molecule has 0 radical (unpaired) electrons. The number of hydrogen-bond donors (Lipinski definition) is 9. The molecule has 2 aromatic rings. The lowest BCUT2D eigenvalue weighted by atomic mass is 10.0. The number of imidazole rings is 1. The Morgan fingerprint density at radius 1 is 1.15 bits per heavy atom. The molecule has 22 nitrogen and oxygen atoms in total. The van der Waals surface area contributed by atoms with Gasteiger partial charge in [-0.15, -0.1) is 0 Å². The quantitative estimate of drug-likeness (QED) is 0.0590. The molecule has 0 saturated carbocycles. The number of aliphatic hydroxyl groups is 1. The first kappa shape index (κ1) is 36.2. The van der Waals surface area contributed by atoms with Gasteiger partial charge in [0, 0.05) is 30.5 Å². The third kappa shape index (κ3) is 9.11. The highest BCUT2D eigenvalue weighted by atomic mass is 32.2. The van der Waals surface area contributed by atoms with E-state index in [1.54, 1.807) is 11.8 Å². The summed E-state index contributed by atoms with van der Waals surface area (Å²) in [6.45, 7) is -0.882. The molecule has 0 bridgehead atoms. The number of carbonyl (C=O) groups is 3. The molecule has 0 spiro atoms. The Morgan fingerprint density at radius 3 is 2.69 bits per heavy atom. The van der Waals surface area contributed by atoms with Crippen LogP contribution < -0.4 is 27.0 Å². The maximum atomic E-state index is 12.7. The molecule has 4 amide bonds. The molecule has 3 aliphatic rings. The number of nitrogens with two attached hydrogens (primary N) is 1. The summed E-state index contributed by atoms with van der Waals surface area (Å²) < 4.78 is 43.7. The number of thioether (sulfide) groups is 1. The number of hydrogen-bond acceptors (Lipinski definition) is 15. The van der Waals surface area contributed by atoms with Crippen molar-refractivity contribution in [1.29, 1.82) is 0 Å². The van der Waals surface area contributed by atoms with Crippen molar-refractivity contribution in [3.63, 3.8) is 0 Å². The number of anilines is 1. The maximum absolute atomic E-state index is 12.7. The van der Waals surface area contributed by atoms with Crippen molar-refractivity contribution in [2.24, 2.45) is 0 Å². The third-order valence-corrected chi connectivity index (χ3v) is 11.3. The Bertz CT molecular complexity index is 1600. The molecule has 0 aliphatic carbocycles. The van der Waals surface area contributed by atoms with Gasteiger partial charge in [0.05, 0.1) is 25.0 Å². The minimum absolute atomic E-state index is 0.0211. The smallest absolute Gasteiger partial charge is 0.439 e. The van der Waals surface area contributed by atoms with Crippen LogP contribution in [0.4, 0.5) is 15.4 Å². The fourth-order valence-electron chi connectivity index (χ4n) is 5.48. The van der Waals surface area contributed by atoms with E-state index in [2.05, 4.69) is 45.1 Å². The number of unbranched alkanes of at least 4 members (excludes halogenated alkanes) is 1. The van der Waals surface area contributed by atoms with Gasteiger partial charge in [-0.3, -0.25) is 13.9 Å². The van der Waals surface area contributed by atoms with E-state index < -0.39 is 52.9 Å². The van der Waals surface area contributed by atoms with Gasteiger partial charge in [0.25, 0.3) is 0 Å². The fourth-order valence-corrected chi connectivity index (χ4v) is 8.63. The molecule has 2 aromatic heterocycles. The van der Waals surface area contributed by atoms with Crippen LogP contribution in [0.25, 0.3) is 11.2 Å². The zero-order chi connectivity index (χ0) is 34.6. The highest BCUT2D eigenvalue weighted by Gasteiger charge is 2.49. The molecule has 0 aromatic carbocycles. The first-order valence-electron chi connectivity index (χ1n) is 14.6. The van der Waals surface area contributed by atoms with Gasteiger partial charge in [0.1, 0.15) is 24.1 Å². The van der Waals surface area contributed by atoms with Crippen molar-refractivity contribution < 1.29 is 61.6 Å². The number of carbonyl (C=O) groups excluding carboxylic acids is 3. The van der Waals surface area contributed by atoms with Crippen LogP contribution in [0.3, 0.4) is 0 Å². The van der Waals surface area contributed by atoms with Crippen LogP contribution in [0.15, 0.2) is 12.7 Å². The summed E-state index contributed by atoms with van der Waals surface area (Å²) in [7, 11) is -10.7. The number of ether oxygens (including phenoxy) is 2. The molecule has 25 heteroatoms. The van der Waals surface area contributed by atoms with Crippen molar-refractivity contribution in [3.05, 3.63) is 12.7 Å². The molecule has 3 saturated heterocycles. The number of aliphatic hydroxyl groups excluding tert-OH is 1. The van der Waals surface area contributed by atoms with E-state index in [1.807, 2.05) is 0 Å². The van der Waals surface area contributed by atoms with E-state index in [4.69, 9.17) is 25.0 Å². The van der Waals surface area contributed by atoms with Gasteiger partial charge in [-0.1, -0.05) is 6.42 Å². The van der Waals surface area contributed by atoms with E-state index >= 15 is 0 Å². The zero-order valence-electron chi connectivity index (χ0n) is 25.0. The molecule has 8 atom stereocenters. The van der Waals surface area contributed by atoms with Gasteiger partial charge in [-0.2, -0.15) is 16.1 Å². The van der Waals surface area contributed by atoms with Gasteiger partial charge < -0.3 is 56.3 Å². The van der Waals surface area contributed by atoms with E-state index in [0.717, 1.165) is 24.9 Å². The van der Waals surface area contributed by atoms with Crippen LogP contribution in [-0.4, -0.2) is 118 Å². The summed E-state index contributed by atoms with van der Waals surface area (Å²) in [6, 6.07) is 0.107. The fraction of sp³-hybridized carbons (Fsp3) is 0.652. The van der Waals surface area contributed by atoms with Crippen LogP contribution in [-0.2, 0) is 32.2 Å². The normalized spacial score (nSPS) is 28.0. The highest BCUT2D eigenvalue weighted by molar-refractivity contribution is 8.00. The SMILES string of the molecule is Nc1ncnc2c1ncn2[C@@H]1O[C@H](COP(=O)(O)OP(=O)(O)O)[C@@H](O)[C@H]1OC(=O)NCCNC(=O)CCCC[C@@H]1SC[C@@H]2NC(=O)N[C@@H]21. The van der Waals surface area contributed by atoms with Crippen LogP contribution >= 0.6 is 27.4 Å². The van der Waals surface area contributed by atoms with Gasteiger partial charge in [-0.05, 0) is 12.8 Å². The van der Waals surface area contributed by atoms with E-state index in [9.17, 15) is 33.5 Å². The average molecular weight is 740 g/mol. The maximum Gasteiger partial charge on any atom is 0.481 e. The summed E-state index contributed by atoms with van der Waals surface area (Å²) in [4.78, 5) is 75.8. The number of nitrogen functional groups attached to an aromatic ring is 1. The second-order valence-corrected chi connectivity index (χ2v) is 15.1. The minimum atomic E-state index is -5.41. The lowest BCUT2D eigenvalue weighted by Crippen LogP contribution is -2.41. The summed E-state index contributed by atoms with van der Waals surface area (Å²) in [5.74, 6) is 0.673. The van der Waals surface area contributed by atoms with Crippen molar-refractivity contribution in [3.8, 4) is 0 Å². The molecular weight excluding hydrogens is 704 g/mol. The lowest BCUT2D eigenvalue weighted by Gasteiger charge is -2.22. The molecular formula is C23H35N9O13P2S. The number of nitrogens with zero attached hydrogens (tertiary/aromatic N) is 4. The molecule has 3 fully saturated rings. The Morgan fingerprint density at radius 2 is 1.92 bits per heavy atom. The number of urea groups is 1. The van der Waals surface area contributed by atoms with Crippen molar-refractivity contribution in [2.75, 3.05) is 31.2 Å². The molecule has 266 valence electrons. The zero-order valence-corrected chi connectivity index (χ0v) is 27.6. The molecule has 5 rings (SSSR count). The monoisotopic (exact) mass is 739 g/mol. The van der Waals surface area contributed by atoms with Gasteiger partial charge in [0.15, 0.2) is 23.8 Å². The lowest BCUT2D eigenvalue weighted by molar-refractivity contribution is -0.121. The molecule has 10 N–H and O–H groups in total. The summed E-state index contributed by atoms with van der Waals surface area (Å²) >= 11 is 1.80. The predicted octanol–water partition coefficient (Wildman–Crippen LogP) is -1.17. The third-order valence-electron chi connectivity index (χ3n) is 7.63. The number of nitrogens with one attached hydrogen (secondary N) is 4. The number of phosphoric acid groups is 2. The first-order chi connectivity index (χ1) is 22.7. The van der Waals surface area contributed by atoms with Gasteiger partial charge in [0.2, 0.25) is 5.91 Å². The minimum Gasteiger partial charge on any atom is -0.439 e. The van der Waals surface area contributed by atoms with Crippen molar-refractivity contribution in [2.45, 2.75) is 67.6 Å². The number of aromatic nitrogens is 4. The Labute approximate surface area is 276 Å². The van der Waals surface area contributed by atoms with E-state index in [1.165, 1.54) is 10.9 Å². The topological polar surface area (TPSA) is 321 Å². The van der Waals surface area contributed by atoms with Gasteiger partial charge in [-0.25, -0.2) is 33.7 Å². The second kappa shape index (κ2) is 15.2. The molecule has 5 heterocycles. The number of rotatable bonds is 15. The Hall–Kier alpha value is -3.11. The predicted molar refractivity (Wildman–Crippen MR) is 164 cm³/mol. The van der Waals surface area contributed by atoms with Crippen molar-refractivity contribution in [1.82, 2.24) is 40.8 Å². The molecule has 1 unspecified atom stereocenters. The summed E-state index contributed by atoms with van der Waals surface area (Å²) in [6.07, 6.45) is -2.06. The number of fused-ring (bicyclic) bond motifs is 2. The average Bonchev–Trinajstić information content (AvgIpc) is 3.75. The summed E-state index contributed by atoms with van der Waals surface area (Å²) in [5.41, 5.74) is 6.13. The number of phosphoric ester groups is 1. The van der Waals surface area contributed by atoms with E-state index in [0.29, 0.717) is 11.7 Å². The summed E-state index contributed by atoms with van der Waals surface area (Å²) in [5, 5.41) is 22.2. The van der Waals surface area contributed by atoms with Crippen LogP contribution in [0.2, 0.25) is 0 Å². The molecule has 48 heavy (non-hydrogen) atoms. The standard InChI is InChI=1S/C23H35N9O13P2S/c24-19-16-20(28-9-27-19)32(10-29-16)21-18(17(34)12(43-21)7-42-47(40,41)45-46(37,38)39)44-23(36)26-6-5-25-14(33)4-2-1-3-13-15-11(8-48-13)30-22(35)31-15/h9-13,15,17-18,21,34H,1-8H2,(H,25,33)(H,26,36)(H,40,41)(H2,24,27,28)(H2,30,31,35)(H2,37,38,39)/t11-,12+,13-,15-,17+,18+,21+/m0/s1. The second-order valence-electron chi connectivity index (χ2n) is 11.0. The largest absolute Gasteiger partial charge is 0.481 e. The number of amides is 4. The number of alkyl carbamates (subject to hydrolysis) is 1. The van der Waals surface area contributed by atoms with Crippen molar-refractivity contribution >= 4 is 62.4 Å². The van der Waals surface area contributed by atoms with Gasteiger partial charge >= 0.3 is 27.8 Å². The van der Waals surface area contributed by atoms with E-state index in [-0.39, 0.29) is 60.5 Å². The molecule has 3 aliphatic heterocycles.